The monoisotopic (exact) mass is 292 g/mol. The third-order valence-corrected chi connectivity index (χ3v) is 3.98. The summed E-state index contributed by atoms with van der Waals surface area (Å²) in [6.07, 6.45) is 0.958. The minimum atomic E-state index is 0.251. The largest absolute Gasteiger partial charge is 0.381 e. The van der Waals surface area contributed by atoms with E-state index in [9.17, 15) is 0 Å². The van der Waals surface area contributed by atoms with Crippen LogP contribution in [0, 0.1) is 0 Å². The minimum Gasteiger partial charge on any atom is -0.381 e. The standard InChI is InChI=1S/C18H16N2O2/c1-2-6-13(7-3-1)15-8-4-5-9-16(15)18-19-17(20-22-18)14-10-11-21-12-14/h1-9,14H,10-12H2/t14-/m0/s1. The van der Waals surface area contributed by atoms with Gasteiger partial charge in [-0.25, -0.2) is 0 Å². The summed E-state index contributed by atoms with van der Waals surface area (Å²) in [7, 11) is 0. The van der Waals surface area contributed by atoms with E-state index in [1.165, 1.54) is 0 Å². The van der Waals surface area contributed by atoms with Crippen LogP contribution in [0.1, 0.15) is 18.2 Å². The van der Waals surface area contributed by atoms with Crippen LogP contribution in [-0.2, 0) is 4.74 Å². The number of rotatable bonds is 3. The molecule has 0 aliphatic carbocycles. The first kappa shape index (κ1) is 13.2. The first-order valence-electron chi connectivity index (χ1n) is 7.48. The van der Waals surface area contributed by atoms with Crippen molar-refractivity contribution in [3.8, 4) is 22.6 Å². The summed E-state index contributed by atoms with van der Waals surface area (Å²) in [5, 5.41) is 4.14. The number of ether oxygens (including phenoxy) is 1. The third-order valence-electron chi connectivity index (χ3n) is 3.98. The average Bonchev–Trinajstić information content (AvgIpc) is 3.27. The smallest absolute Gasteiger partial charge is 0.258 e. The highest BCUT2D eigenvalue weighted by molar-refractivity contribution is 5.79. The lowest BCUT2D eigenvalue weighted by Crippen LogP contribution is -1.99. The lowest BCUT2D eigenvalue weighted by molar-refractivity contribution is 0.192. The van der Waals surface area contributed by atoms with Gasteiger partial charge in [0.05, 0.1) is 6.61 Å². The van der Waals surface area contributed by atoms with Gasteiger partial charge in [-0.2, -0.15) is 4.98 Å². The van der Waals surface area contributed by atoms with Crippen LogP contribution in [0.3, 0.4) is 0 Å². The highest BCUT2D eigenvalue weighted by Crippen LogP contribution is 2.32. The zero-order valence-corrected chi connectivity index (χ0v) is 12.1. The van der Waals surface area contributed by atoms with E-state index >= 15 is 0 Å². The number of hydrogen-bond donors (Lipinski definition) is 0. The van der Waals surface area contributed by atoms with Crippen LogP contribution < -0.4 is 0 Å². The van der Waals surface area contributed by atoms with Crippen molar-refractivity contribution in [3.05, 3.63) is 60.4 Å². The normalized spacial score (nSPS) is 17.7. The van der Waals surface area contributed by atoms with Crippen molar-refractivity contribution in [3.63, 3.8) is 0 Å². The van der Waals surface area contributed by atoms with Crippen molar-refractivity contribution >= 4 is 0 Å². The molecule has 1 aliphatic heterocycles. The zero-order chi connectivity index (χ0) is 14.8. The molecule has 1 saturated heterocycles. The molecule has 1 aliphatic rings. The van der Waals surface area contributed by atoms with E-state index in [-0.39, 0.29) is 5.92 Å². The molecule has 22 heavy (non-hydrogen) atoms. The highest BCUT2D eigenvalue weighted by atomic mass is 16.5. The van der Waals surface area contributed by atoms with Gasteiger partial charge in [0.15, 0.2) is 5.82 Å². The van der Waals surface area contributed by atoms with E-state index in [4.69, 9.17) is 9.26 Å². The fraction of sp³-hybridized carbons (Fsp3) is 0.222. The van der Waals surface area contributed by atoms with Gasteiger partial charge in [0, 0.05) is 18.1 Å². The van der Waals surface area contributed by atoms with Crippen molar-refractivity contribution in [2.24, 2.45) is 0 Å². The summed E-state index contributed by atoms with van der Waals surface area (Å²) < 4.78 is 10.9. The predicted octanol–water partition coefficient (Wildman–Crippen LogP) is 3.91. The maximum Gasteiger partial charge on any atom is 0.258 e. The van der Waals surface area contributed by atoms with Gasteiger partial charge in [-0.05, 0) is 23.6 Å². The zero-order valence-electron chi connectivity index (χ0n) is 12.1. The number of hydrogen-bond acceptors (Lipinski definition) is 4. The number of benzene rings is 2. The van der Waals surface area contributed by atoms with E-state index in [1.54, 1.807) is 0 Å². The second-order valence-corrected chi connectivity index (χ2v) is 5.43. The molecule has 1 atom stereocenters. The van der Waals surface area contributed by atoms with Crippen LogP contribution in [0.5, 0.6) is 0 Å². The molecule has 4 nitrogen and oxygen atoms in total. The summed E-state index contributed by atoms with van der Waals surface area (Å²) in [5.41, 5.74) is 3.20. The van der Waals surface area contributed by atoms with Gasteiger partial charge in [0.25, 0.3) is 5.89 Å². The molecule has 4 heteroatoms. The Balaban J connectivity index is 1.74. The summed E-state index contributed by atoms with van der Waals surface area (Å²) in [6, 6.07) is 18.3. The molecule has 0 unspecified atom stereocenters. The molecule has 0 saturated carbocycles. The van der Waals surface area contributed by atoms with Crippen molar-refractivity contribution in [2.45, 2.75) is 12.3 Å². The van der Waals surface area contributed by atoms with Crippen molar-refractivity contribution < 1.29 is 9.26 Å². The molecule has 0 bridgehead atoms. The van der Waals surface area contributed by atoms with Gasteiger partial charge in [-0.15, -0.1) is 0 Å². The molecule has 0 N–H and O–H groups in total. The second-order valence-electron chi connectivity index (χ2n) is 5.43. The van der Waals surface area contributed by atoms with Crippen LogP contribution in [0.25, 0.3) is 22.6 Å². The molecule has 0 amide bonds. The Hall–Kier alpha value is -2.46. The average molecular weight is 292 g/mol. The van der Waals surface area contributed by atoms with Gasteiger partial charge in [0.1, 0.15) is 0 Å². The maximum atomic E-state index is 5.51. The van der Waals surface area contributed by atoms with Crippen molar-refractivity contribution in [1.29, 1.82) is 0 Å². The Morgan fingerprint density at radius 3 is 2.45 bits per heavy atom. The Morgan fingerprint density at radius 1 is 0.909 bits per heavy atom. The lowest BCUT2D eigenvalue weighted by atomic mass is 10.00. The lowest BCUT2D eigenvalue weighted by Gasteiger charge is -2.05. The van der Waals surface area contributed by atoms with E-state index < -0.39 is 0 Å². The number of nitrogens with zero attached hydrogens (tertiary/aromatic N) is 2. The molecule has 4 rings (SSSR count). The Morgan fingerprint density at radius 2 is 1.68 bits per heavy atom. The van der Waals surface area contributed by atoms with Gasteiger partial charge < -0.3 is 9.26 Å². The van der Waals surface area contributed by atoms with Crippen LogP contribution >= 0.6 is 0 Å². The van der Waals surface area contributed by atoms with Gasteiger partial charge in [-0.3, -0.25) is 0 Å². The van der Waals surface area contributed by atoms with Crippen molar-refractivity contribution in [2.75, 3.05) is 13.2 Å². The SMILES string of the molecule is c1ccc(-c2ccccc2-c2nc([C@H]3CCOC3)no2)cc1. The van der Waals surface area contributed by atoms with E-state index in [1.807, 2.05) is 36.4 Å². The molecule has 0 spiro atoms. The third kappa shape index (κ3) is 2.42. The van der Waals surface area contributed by atoms with Gasteiger partial charge >= 0.3 is 0 Å². The molecule has 2 aromatic carbocycles. The first-order chi connectivity index (χ1) is 10.9. The van der Waals surface area contributed by atoms with Gasteiger partial charge in [-0.1, -0.05) is 53.7 Å². The molecule has 2 heterocycles. The minimum absolute atomic E-state index is 0.251. The van der Waals surface area contributed by atoms with E-state index in [0.717, 1.165) is 35.5 Å². The topological polar surface area (TPSA) is 48.2 Å². The van der Waals surface area contributed by atoms with Crippen LogP contribution in [0.4, 0.5) is 0 Å². The molecule has 1 aromatic heterocycles. The molecule has 0 radical (unpaired) electrons. The predicted molar refractivity (Wildman–Crippen MR) is 83.3 cm³/mol. The number of aromatic nitrogens is 2. The van der Waals surface area contributed by atoms with Crippen LogP contribution in [0.15, 0.2) is 59.1 Å². The highest BCUT2D eigenvalue weighted by Gasteiger charge is 2.24. The van der Waals surface area contributed by atoms with Crippen LogP contribution in [0.2, 0.25) is 0 Å². The van der Waals surface area contributed by atoms with Crippen LogP contribution in [-0.4, -0.2) is 23.4 Å². The fourth-order valence-corrected chi connectivity index (χ4v) is 2.79. The summed E-state index contributed by atoms with van der Waals surface area (Å²) in [4.78, 5) is 4.59. The Bertz CT molecular complexity index is 762. The maximum absolute atomic E-state index is 5.51. The second kappa shape index (κ2) is 5.73. The molecule has 1 fully saturated rings. The van der Waals surface area contributed by atoms with Gasteiger partial charge in [0.2, 0.25) is 0 Å². The summed E-state index contributed by atoms with van der Waals surface area (Å²) in [5.74, 6) is 1.57. The fourth-order valence-electron chi connectivity index (χ4n) is 2.79. The molecule has 3 aromatic rings. The summed E-state index contributed by atoms with van der Waals surface area (Å²) in [6.45, 7) is 1.45. The Kier molecular flexibility index (Phi) is 3.45. The van der Waals surface area contributed by atoms with Crippen molar-refractivity contribution in [1.82, 2.24) is 10.1 Å². The molecule has 110 valence electrons. The molecular formula is C18H16N2O2. The van der Waals surface area contributed by atoms with E-state index in [0.29, 0.717) is 12.5 Å². The Labute approximate surface area is 128 Å². The first-order valence-corrected chi connectivity index (χ1v) is 7.48. The van der Waals surface area contributed by atoms with E-state index in [2.05, 4.69) is 28.3 Å². The quantitative estimate of drug-likeness (QED) is 0.734. The molecular weight excluding hydrogens is 276 g/mol. The summed E-state index contributed by atoms with van der Waals surface area (Å²) >= 11 is 0.